The smallest absolute Gasteiger partial charge is 0.137 e. The van der Waals surface area contributed by atoms with E-state index in [1.54, 1.807) is 11.3 Å². The van der Waals surface area contributed by atoms with Gasteiger partial charge in [-0.15, -0.1) is 11.3 Å². The van der Waals surface area contributed by atoms with Gasteiger partial charge in [-0.25, -0.2) is 4.98 Å². The topological polar surface area (TPSA) is 42.4 Å². The number of benzene rings is 8. The van der Waals surface area contributed by atoms with Crippen LogP contribution in [0.3, 0.4) is 0 Å². The number of rotatable bonds is 6. The summed E-state index contributed by atoms with van der Waals surface area (Å²) in [7, 11) is 0. The van der Waals surface area contributed by atoms with E-state index in [-0.39, 0.29) is 0 Å². The molecule has 8 aromatic carbocycles. The summed E-state index contributed by atoms with van der Waals surface area (Å²) in [5.41, 5.74) is 13.3. The van der Waals surface area contributed by atoms with Gasteiger partial charge in [0, 0.05) is 44.9 Å². The Morgan fingerprint density at radius 1 is 0.389 bits per heavy atom. The zero-order chi connectivity index (χ0) is 35.6. The van der Waals surface area contributed by atoms with Crippen molar-refractivity contribution in [2.24, 2.45) is 0 Å². The van der Waals surface area contributed by atoms with Crippen LogP contribution in [0.4, 0.5) is 17.1 Å². The number of nitrogens with zero attached hydrogens (tertiary/aromatic N) is 2. The molecule has 0 unspecified atom stereocenters. The van der Waals surface area contributed by atoms with E-state index in [1.165, 1.54) is 11.1 Å². The Bertz CT molecular complexity index is 3140. The minimum atomic E-state index is 0.852. The van der Waals surface area contributed by atoms with Crippen molar-refractivity contribution in [1.29, 1.82) is 0 Å². The maximum atomic E-state index is 6.46. The number of furan rings is 2. The van der Waals surface area contributed by atoms with Crippen molar-refractivity contribution < 1.29 is 8.83 Å². The van der Waals surface area contributed by atoms with E-state index >= 15 is 0 Å². The van der Waals surface area contributed by atoms with Crippen molar-refractivity contribution in [3.8, 4) is 32.8 Å². The fourth-order valence-electron chi connectivity index (χ4n) is 7.67. The molecule has 11 rings (SSSR count). The first-order chi connectivity index (χ1) is 26.7. The quantitative estimate of drug-likeness (QED) is 0.172. The average Bonchev–Trinajstić information content (AvgIpc) is 3.95. The minimum absolute atomic E-state index is 0.852. The summed E-state index contributed by atoms with van der Waals surface area (Å²) < 4.78 is 13.9. The normalized spacial score (nSPS) is 11.7. The number of aromatic nitrogens is 1. The molecule has 0 saturated heterocycles. The molecule has 0 radical (unpaired) electrons. The molecule has 0 atom stereocenters. The van der Waals surface area contributed by atoms with Gasteiger partial charge in [0.15, 0.2) is 0 Å². The summed E-state index contributed by atoms with van der Waals surface area (Å²) in [6.07, 6.45) is 0. The predicted octanol–water partition coefficient (Wildman–Crippen LogP) is 14.6. The number of anilines is 3. The monoisotopic (exact) mass is 710 g/mol. The molecule has 0 saturated carbocycles. The summed E-state index contributed by atoms with van der Waals surface area (Å²) in [5.74, 6) is 0. The third-order valence-electron chi connectivity index (χ3n) is 10.3. The zero-order valence-corrected chi connectivity index (χ0v) is 29.8. The van der Waals surface area contributed by atoms with Crippen molar-refractivity contribution in [3.63, 3.8) is 0 Å². The lowest BCUT2D eigenvalue weighted by Gasteiger charge is -2.26. The number of para-hydroxylation sites is 1. The largest absolute Gasteiger partial charge is 0.456 e. The predicted molar refractivity (Wildman–Crippen MR) is 225 cm³/mol. The van der Waals surface area contributed by atoms with Crippen molar-refractivity contribution in [3.05, 3.63) is 182 Å². The molecule has 54 heavy (non-hydrogen) atoms. The fraction of sp³-hybridized carbons (Fsp3) is 0. The number of thiazole rings is 1. The molecule has 5 heteroatoms. The Kier molecular flexibility index (Phi) is 7.00. The van der Waals surface area contributed by atoms with E-state index in [9.17, 15) is 0 Å². The highest BCUT2D eigenvalue weighted by atomic mass is 32.1. The summed E-state index contributed by atoms with van der Waals surface area (Å²) in [4.78, 5) is 7.37. The lowest BCUT2D eigenvalue weighted by molar-refractivity contribution is 0.668. The van der Waals surface area contributed by atoms with Crippen LogP contribution in [-0.2, 0) is 0 Å². The Labute approximate surface area is 314 Å². The molecule has 0 aliphatic rings. The highest BCUT2D eigenvalue weighted by Gasteiger charge is 2.18. The van der Waals surface area contributed by atoms with Gasteiger partial charge >= 0.3 is 0 Å². The number of fused-ring (bicyclic) bond motifs is 8. The fourth-order valence-corrected chi connectivity index (χ4v) is 8.65. The second-order valence-corrected chi connectivity index (χ2v) is 14.6. The van der Waals surface area contributed by atoms with Gasteiger partial charge in [0.2, 0.25) is 0 Å². The van der Waals surface area contributed by atoms with Crippen molar-refractivity contribution in [2.75, 3.05) is 4.90 Å². The third-order valence-corrected chi connectivity index (χ3v) is 11.4. The van der Waals surface area contributed by atoms with Gasteiger partial charge in [0.05, 0.1) is 15.6 Å². The number of hydrogen-bond donors (Lipinski definition) is 0. The highest BCUT2D eigenvalue weighted by Crippen LogP contribution is 2.42. The SMILES string of the molecule is c1ccc(-c2ccc(N(c3ccc(-c4ccc5c(c4)oc4ccc6sc(-c7ccccc7)nc6c45)cc3)c3ccc4c(c3)oc3ccccc34)cc2)cc1. The van der Waals surface area contributed by atoms with Crippen molar-refractivity contribution in [1.82, 2.24) is 4.98 Å². The summed E-state index contributed by atoms with van der Waals surface area (Å²) >= 11 is 1.72. The summed E-state index contributed by atoms with van der Waals surface area (Å²) in [6.45, 7) is 0. The van der Waals surface area contributed by atoms with Gasteiger partial charge in [-0.3, -0.25) is 0 Å². The summed E-state index contributed by atoms with van der Waals surface area (Å²) in [6, 6.07) is 63.8. The van der Waals surface area contributed by atoms with Gasteiger partial charge in [0.25, 0.3) is 0 Å². The maximum absolute atomic E-state index is 6.46. The molecule has 0 spiro atoms. The molecule has 0 N–H and O–H groups in total. The molecule has 3 aromatic heterocycles. The van der Waals surface area contributed by atoms with Crippen LogP contribution in [0.25, 0.3) is 86.9 Å². The molecule has 4 nitrogen and oxygen atoms in total. The Hall–Kier alpha value is -6.95. The van der Waals surface area contributed by atoms with Crippen LogP contribution >= 0.6 is 11.3 Å². The first kappa shape index (κ1) is 30.7. The van der Waals surface area contributed by atoms with Crippen LogP contribution in [0.2, 0.25) is 0 Å². The van der Waals surface area contributed by atoms with Crippen LogP contribution in [0.5, 0.6) is 0 Å². The molecular formula is C49H30N2O2S. The summed E-state index contributed by atoms with van der Waals surface area (Å²) in [5, 5.41) is 5.39. The molecule has 0 amide bonds. The van der Waals surface area contributed by atoms with E-state index in [4.69, 9.17) is 13.8 Å². The van der Waals surface area contributed by atoms with Gasteiger partial charge in [-0.1, -0.05) is 109 Å². The van der Waals surface area contributed by atoms with Crippen LogP contribution < -0.4 is 4.90 Å². The van der Waals surface area contributed by atoms with E-state index in [0.717, 1.165) is 92.9 Å². The maximum Gasteiger partial charge on any atom is 0.137 e. The van der Waals surface area contributed by atoms with Crippen molar-refractivity contribution >= 4 is 82.5 Å². The standard InChI is InChI=1S/C49H30N2O2S/c1-3-9-31(10-4-1)32-15-20-36(21-16-32)51(38-24-26-40-39-13-7-8-14-42(39)52-45(40)30-38)37-22-17-33(18-23-37)35-19-25-41-44(29-35)53-43-27-28-46-48(47(41)43)50-49(54-46)34-11-5-2-6-12-34/h1-30H. The molecule has 0 aliphatic heterocycles. The Morgan fingerprint density at radius 2 is 0.944 bits per heavy atom. The van der Waals surface area contributed by atoms with Gasteiger partial charge in [-0.2, -0.15) is 0 Å². The average molecular weight is 711 g/mol. The first-order valence-corrected chi connectivity index (χ1v) is 18.8. The minimum Gasteiger partial charge on any atom is -0.456 e. The van der Waals surface area contributed by atoms with Crippen LogP contribution in [0.15, 0.2) is 191 Å². The van der Waals surface area contributed by atoms with E-state index in [1.807, 2.05) is 24.3 Å². The molecule has 11 aromatic rings. The van der Waals surface area contributed by atoms with Gasteiger partial charge < -0.3 is 13.7 Å². The first-order valence-electron chi connectivity index (χ1n) is 18.0. The van der Waals surface area contributed by atoms with Gasteiger partial charge in [-0.05, 0) is 89.0 Å². The molecule has 0 aliphatic carbocycles. The highest BCUT2D eigenvalue weighted by molar-refractivity contribution is 7.21. The Balaban J connectivity index is 0.977. The number of hydrogen-bond acceptors (Lipinski definition) is 5. The van der Waals surface area contributed by atoms with Crippen LogP contribution in [-0.4, -0.2) is 4.98 Å². The Morgan fingerprint density at radius 3 is 1.70 bits per heavy atom. The molecule has 0 bridgehead atoms. The molecule has 3 heterocycles. The van der Waals surface area contributed by atoms with Crippen LogP contribution in [0, 0.1) is 0 Å². The molecule has 254 valence electrons. The second kappa shape index (κ2) is 12.3. The molecule has 0 fully saturated rings. The van der Waals surface area contributed by atoms with Gasteiger partial charge in [0.1, 0.15) is 27.3 Å². The van der Waals surface area contributed by atoms with E-state index in [0.29, 0.717) is 0 Å². The van der Waals surface area contributed by atoms with E-state index < -0.39 is 0 Å². The lowest BCUT2D eigenvalue weighted by atomic mass is 10.0. The molecular weight excluding hydrogens is 681 g/mol. The van der Waals surface area contributed by atoms with Crippen LogP contribution in [0.1, 0.15) is 0 Å². The zero-order valence-electron chi connectivity index (χ0n) is 28.9. The lowest BCUT2D eigenvalue weighted by Crippen LogP contribution is -2.09. The van der Waals surface area contributed by atoms with E-state index in [2.05, 4.69) is 163 Å². The second-order valence-electron chi connectivity index (χ2n) is 13.6. The van der Waals surface area contributed by atoms with Crippen molar-refractivity contribution in [2.45, 2.75) is 0 Å². The third kappa shape index (κ3) is 5.09.